The molecule has 1 aliphatic rings. The van der Waals surface area contributed by atoms with E-state index in [0.29, 0.717) is 0 Å². The molecule has 5 heteroatoms. The van der Waals surface area contributed by atoms with Crippen LogP contribution in [0.2, 0.25) is 0 Å². The summed E-state index contributed by atoms with van der Waals surface area (Å²) >= 11 is 1.82. The van der Waals surface area contributed by atoms with Crippen molar-refractivity contribution in [2.24, 2.45) is 0 Å². The highest BCUT2D eigenvalue weighted by molar-refractivity contribution is 7.84. The van der Waals surface area contributed by atoms with E-state index in [1.54, 1.807) is 0 Å². The highest BCUT2D eigenvalue weighted by Crippen LogP contribution is 2.41. The summed E-state index contributed by atoms with van der Waals surface area (Å²) < 4.78 is 11.2. The van der Waals surface area contributed by atoms with E-state index in [1.807, 2.05) is 24.5 Å². The molecular weight excluding hydrogens is 240 g/mol. The highest BCUT2D eigenvalue weighted by atomic mass is 32.2. The maximum Gasteiger partial charge on any atom is 0.0959 e. The number of aromatic nitrogens is 1. The Bertz CT molecular complexity index is 361. The second-order valence-electron chi connectivity index (χ2n) is 4.05. The minimum absolute atomic E-state index is 0.652. The third-order valence-electron chi connectivity index (χ3n) is 2.63. The zero-order chi connectivity index (χ0) is 11.4. The van der Waals surface area contributed by atoms with Crippen molar-refractivity contribution in [3.05, 3.63) is 16.1 Å². The zero-order valence-electron chi connectivity index (χ0n) is 9.57. The Kier molecular flexibility index (Phi) is 4.49. The summed E-state index contributed by atoms with van der Waals surface area (Å²) in [5.74, 6) is 2.27. The SMILES string of the molecule is CCS(=O)CCNCc1cnc(C2CC2)s1. The molecule has 1 N–H and O–H groups in total. The van der Waals surface area contributed by atoms with Gasteiger partial charge in [-0.15, -0.1) is 11.3 Å². The molecule has 0 bridgehead atoms. The lowest BCUT2D eigenvalue weighted by atomic mass is 10.5. The van der Waals surface area contributed by atoms with Gasteiger partial charge in [-0.2, -0.15) is 0 Å². The third-order valence-corrected chi connectivity index (χ3v) is 5.09. The van der Waals surface area contributed by atoms with E-state index in [4.69, 9.17) is 0 Å². The van der Waals surface area contributed by atoms with Gasteiger partial charge in [0.05, 0.1) is 5.01 Å². The van der Waals surface area contributed by atoms with Gasteiger partial charge < -0.3 is 5.32 Å². The molecule has 0 spiro atoms. The lowest BCUT2D eigenvalue weighted by Gasteiger charge is -2.01. The molecule has 1 atom stereocenters. The van der Waals surface area contributed by atoms with E-state index in [-0.39, 0.29) is 0 Å². The molecule has 1 aromatic heterocycles. The molecule has 1 aromatic rings. The molecule has 2 rings (SSSR count). The van der Waals surface area contributed by atoms with Crippen LogP contribution in [0.25, 0.3) is 0 Å². The molecule has 0 saturated heterocycles. The van der Waals surface area contributed by atoms with Gasteiger partial charge in [-0.25, -0.2) is 4.98 Å². The van der Waals surface area contributed by atoms with Crippen molar-refractivity contribution < 1.29 is 4.21 Å². The van der Waals surface area contributed by atoms with Crippen LogP contribution in [0.3, 0.4) is 0 Å². The van der Waals surface area contributed by atoms with Crippen LogP contribution in [-0.4, -0.2) is 27.2 Å². The van der Waals surface area contributed by atoms with Crippen molar-refractivity contribution in [3.8, 4) is 0 Å². The van der Waals surface area contributed by atoms with E-state index in [9.17, 15) is 4.21 Å². The van der Waals surface area contributed by atoms with Crippen LogP contribution in [0, 0.1) is 0 Å². The van der Waals surface area contributed by atoms with Gasteiger partial charge in [0, 0.05) is 52.4 Å². The summed E-state index contributed by atoms with van der Waals surface area (Å²) in [5.41, 5.74) is 0. The Hall–Kier alpha value is -0.260. The molecule has 1 aliphatic carbocycles. The first kappa shape index (κ1) is 12.2. The van der Waals surface area contributed by atoms with Crippen LogP contribution in [0.5, 0.6) is 0 Å². The second-order valence-corrected chi connectivity index (χ2v) is 7.06. The molecule has 90 valence electrons. The van der Waals surface area contributed by atoms with E-state index in [2.05, 4.69) is 10.3 Å². The molecule has 0 aromatic carbocycles. The minimum Gasteiger partial charge on any atom is -0.311 e. The zero-order valence-corrected chi connectivity index (χ0v) is 11.2. The van der Waals surface area contributed by atoms with Crippen LogP contribution in [0.15, 0.2) is 6.20 Å². The van der Waals surface area contributed by atoms with E-state index >= 15 is 0 Å². The summed E-state index contributed by atoms with van der Waals surface area (Å²) in [6.07, 6.45) is 4.60. The number of nitrogens with one attached hydrogen (secondary N) is 1. The molecule has 1 fully saturated rings. The van der Waals surface area contributed by atoms with E-state index in [1.165, 1.54) is 22.7 Å². The van der Waals surface area contributed by atoms with Crippen molar-refractivity contribution in [1.29, 1.82) is 0 Å². The predicted octanol–water partition coefficient (Wildman–Crippen LogP) is 1.88. The second kappa shape index (κ2) is 5.89. The first-order valence-corrected chi connectivity index (χ1v) is 8.10. The Morgan fingerprint density at radius 2 is 2.44 bits per heavy atom. The quantitative estimate of drug-likeness (QED) is 0.759. The number of thiazole rings is 1. The molecule has 16 heavy (non-hydrogen) atoms. The fourth-order valence-electron chi connectivity index (χ4n) is 1.47. The lowest BCUT2D eigenvalue weighted by Crippen LogP contribution is -2.20. The lowest BCUT2D eigenvalue weighted by molar-refractivity contribution is 0.675. The monoisotopic (exact) mass is 258 g/mol. The standard InChI is InChI=1S/C11H18N2OS2/c1-2-16(14)6-5-12-7-10-8-13-11(15-10)9-3-4-9/h8-9,12H,2-7H2,1H3. The Morgan fingerprint density at radius 1 is 1.62 bits per heavy atom. The van der Waals surface area contributed by atoms with E-state index < -0.39 is 10.8 Å². The molecule has 3 nitrogen and oxygen atoms in total. The topological polar surface area (TPSA) is 42.0 Å². The van der Waals surface area contributed by atoms with Crippen LogP contribution in [0.1, 0.15) is 35.6 Å². The van der Waals surface area contributed by atoms with E-state index in [0.717, 1.165) is 30.5 Å². The minimum atomic E-state index is -0.652. The van der Waals surface area contributed by atoms with Gasteiger partial charge in [-0.05, 0) is 12.8 Å². The maximum absolute atomic E-state index is 11.2. The summed E-state index contributed by atoms with van der Waals surface area (Å²) in [4.78, 5) is 5.72. The molecule has 1 saturated carbocycles. The van der Waals surface area contributed by atoms with Crippen molar-refractivity contribution in [2.75, 3.05) is 18.1 Å². The number of hydrogen-bond donors (Lipinski definition) is 1. The van der Waals surface area contributed by atoms with Gasteiger partial charge >= 0.3 is 0 Å². The average molecular weight is 258 g/mol. The van der Waals surface area contributed by atoms with Gasteiger partial charge in [0.15, 0.2) is 0 Å². The first-order chi connectivity index (χ1) is 7.79. The van der Waals surface area contributed by atoms with Crippen LogP contribution < -0.4 is 5.32 Å². The van der Waals surface area contributed by atoms with Crippen LogP contribution in [0.4, 0.5) is 0 Å². The molecule has 0 amide bonds. The summed E-state index contributed by atoms with van der Waals surface area (Å²) in [7, 11) is -0.652. The summed E-state index contributed by atoms with van der Waals surface area (Å²) in [6, 6.07) is 0. The molecule has 1 heterocycles. The smallest absolute Gasteiger partial charge is 0.0959 e. The highest BCUT2D eigenvalue weighted by Gasteiger charge is 2.26. The van der Waals surface area contributed by atoms with Crippen molar-refractivity contribution in [2.45, 2.75) is 32.2 Å². The van der Waals surface area contributed by atoms with Gasteiger partial charge in [0.1, 0.15) is 0 Å². The summed E-state index contributed by atoms with van der Waals surface area (Å²) in [6.45, 7) is 3.66. The number of hydrogen-bond acceptors (Lipinski definition) is 4. The first-order valence-electron chi connectivity index (χ1n) is 5.80. The fraction of sp³-hybridized carbons (Fsp3) is 0.727. The van der Waals surface area contributed by atoms with Crippen molar-refractivity contribution >= 4 is 22.1 Å². The molecule has 1 unspecified atom stereocenters. The summed E-state index contributed by atoms with van der Waals surface area (Å²) in [5, 5.41) is 4.62. The Balaban J connectivity index is 1.66. The third kappa shape index (κ3) is 3.64. The molecule has 0 radical (unpaired) electrons. The number of rotatable bonds is 7. The van der Waals surface area contributed by atoms with Gasteiger partial charge in [-0.1, -0.05) is 6.92 Å². The van der Waals surface area contributed by atoms with Gasteiger partial charge in [0.25, 0.3) is 0 Å². The van der Waals surface area contributed by atoms with Crippen LogP contribution in [-0.2, 0) is 17.3 Å². The number of nitrogens with zero attached hydrogens (tertiary/aromatic N) is 1. The van der Waals surface area contributed by atoms with Gasteiger partial charge in [-0.3, -0.25) is 4.21 Å². The van der Waals surface area contributed by atoms with Gasteiger partial charge in [0.2, 0.25) is 0 Å². The van der Waals surface area contributed by atoms with Crippen molar-refractivity contribution in [3.63, 3.8) is 0 Å². The Morgan fingerprint density at radius 3 is 3.12 bits per heavy atom. The average Bonchev–Trinajstić information content (AvgIpc) is 3.05. The maximum atomic E-state index is 11.2. The fourth-order valence-corrected chi connectivity index (χ4v) is 3.18. The largest absolute Gasteiger partial charge is 0.311 e. The molecule has 0 aliphatic heterocycles. The normalized spacial score (nSPS) is 17.6. The van der Waals surface area contributed by atoms with Crippen LogP contribution >= 0.6 is 11.3 Å². The predicted molar refractivity (Wildman–Crippen MR) is 69.3 cm³/mol. The van der Waals surface area contributed by atoms with Crippen molar-refractivity contribution in [1.82, 2.24) is 10.3 Å². The Labute approximate surface area is 103 Å². The molecular formula is C11H18N2OS2.